The molecule has 1 aromatic carbocycles. The third-order valence-corrected chi connectivity index (χ3v) is 3.29. The highest BCUT2D eigenvalue weighted by Gasteiger charge is 2.33. The highest BCUT2D eigenvalue weighted by molar-refractivity contribution is 6.12. The van der Waals surface area contributed by atoms with E-state index in [4.69, 9.17) is 0 Å². The van der Waals surface area contributed by atoms with Crippen molar-refractivity contribution in [1.29, 1.82) is 0 Å². The molecule has 0 saturated heterocycles. The second kappa shape index (κ2) is 4.89. The van der Waals surface area contributed by atoms with Crippen molar-refractivity contribution >= 4 is 11.5 Å². The molecule has 0 aromatic heterocycles. The molecular formula is C16H19NO. The molecule has 0 atom stereocenters. The maximum absolute atomic E-state index is 11.9. The molecule has 0 amide bonds. The number of carbonyl (C=O) groups is 1. The summed E-state index contributed by atoms with van der Waals surface area (Å²) in [6.07, 6.45) is 2.66. The van der Waals surface area contributed by atoms with Crippen molar-refractivity contribution in [3.05, 3.63) is 47.5 Å². The number of Topliss-reactive ketones (excluding diaryl/α,β-unsaturated/α-hetero) is 1. The standard InChI is InChI=1S/C16H19NO/c1-12-9-14(10-16(2,3)15(12)18)17-11-13-7-5-4-6-8-13/h4-9H,10-11H2,1-3H3. The first-order valence-corrected chi connectivity index (χ1v) is 6.29. The minimum atomic E-state index is -0.311. The molecule has 0 fully saturated rings. The Bertz CT molecular complexity index is 509. The molecule has 94 valence electrons. The van der Waals surface area contributed by atoms with Crippen LogP contribution in [0, 0.1) is 5.41 Å². The van der Waals surface area contributed by atoms with Gasteiger partial charge in [0.25, 0.3) is 0 Å². The normalized spacial score (nSPS) is 20.9. The van der Waals surface area contributed by atoms with Crippen molar-refractivity contribution < 1.29 is 4.79 Å². The molecule has 0 N–H and O–H groups in total. The van der Waals surface area contributed by atoms with Crippen molar-refractivity contribution in [2.24, 2.45) is 10.4 Å². The van der Waals surface area contributed by atoms with E-state index in [1.165, 1.54) is 5.56 Å². The third-order valence-electron chi connectivity index (χ3n) is 3.29. The van der Waals surface area contributed by atoms with Crippen molar-refractivity contribution in [3.63, 3.8) is 0 Å². The predicted molar refractivity (Wildman–Crippen MR) is 74.7 cm³/mol. The van der Waals surface area contributed by atoms with Crippen molar-refractivity contribution in [2.75, 3.05) is 0 Å². The fourth-order valence-corrected chi connectivity index (χ4v) is 2.31. The summed E-state index contributed by atoms with van der Waals surface area (Å²) in [5.74, 6) is 0.237. The number of nitrogens with zero attached hydrogens (tertiary/aromatic N) is 1. The molecule has 1 aliphatic rings. The highest BCUT2D eigenvalue weighted by atomic mass is 16.1. The summed E-state index contributed by atoms with van der Waals surface area (Å²) in [6, 6.07) is 10.2. The maximum Gasteiger partial charge on any atom is 0.164 e. The number of hydrogen-bond acceptors (Lipinski definition) is 2. The Morgan fingerprint density at radius 1 is 1.22 bits per heavy atom. The molecule has 1 aliphatic carbocycles. The Hall–Kier alpha value is -1.70. The number of ketones is 1. The number of hydrogen-bond donors (Lipinski definition) is 0. The Morgan fingerprint density at radius 3 is 2.50 bits per heavy atom. The van der Waals surface area contributed by atoms with Gasteiger partial charge in [-0.3, -0.25) is 9.79 Å². The largest absolute Gasteiger partial charge is 0.294 e. The van der Waals surface area contributed by atoms with Gasteiger partial charge in [-0.15, -0.1) is 0 Å². The van der Waals surface area contributed by atoms with Crippen LogP contribution in [0.15, 0.2) is 47.0 Å². The van der Waals surface area contributed by atoms with E-state index in [9.17, 15) is 4.79 Å². The van der Waals surface area contributed by atoms with E-state index >= 15 is 0 Å². The predicted octanol–water partition coefficient (Wildman–Crippen LogP) is 3.57. The van der Waals surface area contributed by atoms with Gasteiger partial charge in [0.15, 0.2) is 5.78 Å². The van der Waals surface area contributed by atoms with Crippen LogP contribution in [0.5, 0.6) is 0 Å². The van der Waals surface area contributed by atoms with Crippen LogP contribution in [0.1, 0.15) is 32.8 Å². The number of allylic oxidation sites excluding steroid dienone is 2. The summed E-state index contributed by atoms with van der Waals surface area (Å²) in [4.78, 5) is 16.6. The molecule has 0 saturated carbocycles. The fraction of sp³-hybridized carbons (Fsp3) is 0.375. The summed E-state index contributed by atoms with van der Waals surface area (Å²) in [6.45, 7) is 6.54. The molecule has 18 heavy (non-hydrogen) atoms. The van der Waals surface area contributed by atoms with Gasteiger partial charge >= 0.3 is 0 Å². The minimum Gasteiger partial charge on any atom is -0.294 e. The molecule has 0 spiro atoms. The van der Waals surface area contributed by atoms with Crippen LogP contribution in [0.2, 0.25) is 0 Å². The molecule has 0 unspecified atom stereocenters. The molecule has 0 aliphatic heterocycles. The highest BCUT2D eigenvalue weighted by Crippen LogP contribution is 2.30. The zero-order valence-corrected chi connectivity index (χ0v) is 11.2. The zero-order valence-electron chi connectivity index (χ0n) is 11.2. The zero-order chi connectivity index (χ0) is 13.2. The molecule has 2 heteroatoms. The van der Waals surface area contributed by atoms with Gasteiger partial charge in [-0.05, 0) is 24.1 Å². The van der Waals surface area contributed by atoms with E-state index in [0.29, 0.717) is 6.54 Å². The van der Waals surface area contributed by atoms with Crippen LogP contribution in [0.25, 0.3) is 0 Å². The Balaban J connectivity index is 2.17. The lowest BCUT2D eigenvalue weighted by molar-refractivity contribution is -0.123. The summed E-state index contributed by atoms with van der Waals surface area (Å²) in [5.41, 5.74) is 2.73. The van der Waals surface area contributed by atoms with E-state index in [1.54, 1.807) is 0 Å². The number of benzene rings is 1. The molecule has 2 nitrogen and oxygen atoms in total. The smallest absolute Gasteiger partial charge is 0.164 e. The summed E-state index contributed by atoms with van der Waals surface area (Å²) in [5, 5.41) is 0. The van der Waals surface area contributed by atoms with Gasteiger partial charge in [0.2, 0.25) is 0 Å². The van der Waals surface area contributed by atoms with E-state index < -0.39 is 0 Å². The molecule has 1 aromatic rings. The van der Waals surface area contributed by atoms with Crippen LogP contribution in [-0.4, -0.2) is 11.5 Å². The van der Waals surface area contributed by atoms with Crippen molar-refractivity contribution in [3.8, 4) is 0 Å². The van der Waals surface area contributed by atoms with E-state index in [1.807, 2.05) is 45.0 Å². The van der Waals surface area contributed by atoms with E-state index in [0.717, 1.165) is 17.7 Å². The van der Waals surface area contributed by atoms with Crippen LogP contribution < -0.4 is 0 Å². The second-order valence-corrected chi connectivity index (χ2v) is 5.51. The quantitative estimate of drug-likeness (QED) is 0.778. The molecule has 0 bridgehead atoms. The molecule has 2 rings (SSSR count). The molecule has 0 radical (unpaired) electrons. The topological polar surface area (TPSA) is 29.4 Å². The van der Waals surface area contributed by atoms with Gasteiger partial charge in [-0.1, -0.05) is 44.2 Å². The van der Waals surface area contributed by atoms with Gasteiger partial charge in [-0.2, -0.15) is 0 Å². The van der Waals surface area contributed by atoms with Crippen molar-refractivity contribution in [1.82, 2.24) is 0 Å². The first kappa shape index (κ1) is 12.7. The summed E-state index contributed by atoms with van der Waals surface area (Å²) in [7, 11) is 0. The van der Waals surface area contributed by atoms with Gasteiger partial charge in [0.1, 0.15) is 0 Å². The number of carbonyl (C=O) groups excluding carboxylic acids is 1. The van der Waals surface area contributed by atoms with Crippen LogP contribution in [0.3, 0.4) is 0 Å². The third kappa shape index (κ3) is 2.76. The minimum absolute atomic E-state index is 0.237. The average molecular weight is 241 g/mol. The lowest BCUT2D eigenvalue weighted by atomic mass is 9.76. The van der Waals surface area contributed by atoms with E-state index in [2.05, 4.69) is 17.1 Å². The SMILES string of the molecule is CC1=CC(=NCc2ccccc2)CC(C)(C)C1=O. The molecular weight excluding hydrogens is 222 g/mol. The lowest BCUT2D eigenvalue weighted by Crippen LogP contribution is -2.31. The van der Waals surface area contributed by atoms with Gasteiger partial charge < -0.3 is 0 Å². The monoisotopic (exact) mass is 241 g/mol. The first-order valence-electron chi connectivity index (χ1n) is 6.29. The Kier molecular flexibility index (Phi) is 3.46. The number of aliphatic imine (C=N–C) groups is 1. The fourth-order valence-electron chi connectivity index (χ4n) is 2.31. The lowest BCUT2D eigenvalue weighted by Gasteiger charge is -2.27. The Labute approximate surface area is 108 Å². The number of rotatable bonds is 2. The van der Waals surface area contributed by atoms with Crippen LogP contribution in [0.4, 0.5) is 0 Å². The van der Waals surface area contributed by atoms with Crippen LogP contribution in [-0.2, 0) is 11.3 Å². The van der Waals surface area contributed by atoms with E-state index in [-0.39, 0.29) is 11.2 Å². The van der Waals surface area contributed by atoms with Gasteiger partial charge in [-0.25, -0.2) is 0 Å². The second-order valence-electron chi connectivity index (χ2n) is 5.51. The average Bonchev–Trinajstić information content (AvgIpc) is 2.34. The Morgan fingerprint density at radius 2 is 1.89 bits per heavy atom. The summed E-state index contributed by atoms with van der Waals surface area (Å²) < 4.78 is 0. The van der Waals surface area contributed by atoms with Gasteiger partial charge in [0.05, 0.1) is 6.54 Å². The van der Waals surface area contributed by atoms with Gasteiger partial charge in [0, 0.05) is 17.5 Å². The van der Waals surface area contributed by atoms with Crippen LogP contribution >= 0.6 is 0 Å². The van der Waals surface area contributed by atoms with Crippen molar-refractivity contribution in [2.45, 2.75) is 33.7 Å². The molecule has 0 heterocycles. The first-order chi connectivity index (χ1) is 8.49. The summed E-state index contributed by atoms with van der Waals surface area (Å²) >= 11 is 0. The maximum atomic E-state index is 11.9.